The number of aryl methyl sites for hydroxylation is 1. The third-order valence-electron chi connectivity index (χ3n) is 6.25. The summed E-state index contributed by atoms with van der Waals surface area (Å²) in [5.74, 6) is -0.00625. The highest BCUT2D eigenvalue weighted by atomic mass is 32.2. The van der Waals surface area contributed by atoms with E-state index in [1.807, 2.05) is 54.6 Å². The van der Waals surface area contributed by atoms with Crippen LogP contribution >= 0.6 is 11.3 Å². The molecule has 6 aromatic rings. The molecule has 0 saturated heterocycles. The monoisotopic (exact) mass is 581 g/mol. The first-order chi connectivity index (χ1) is 19.8. The molecule has 2 N–H and O–H groups in total. The number of rotatable bonds is 7. The van der Waals surface area contributed by atoms with Crippen LogP contribution < -0.4 is 10.3 Å². The standard InChI is InChI=1S/C29H23N7O3S2/c1-18-16-17-30-28(31-18)35-41(38,39)22-14-12-21(13-15-22)32-19(2)25-26(20-8-4-3-5-9-20)34-36(27(25)37)29-33-23-10-6-7-11-24(23)40-29/h3-17,34H,1-2H3,(H,30,31,35). The highest BCUT2D eigenvalue weighted by molar-refractivity contribution is 7.92. The molecular weight excluding hydrogens is 558 g/mol. The number of benzene rings is 3. The Hall–Kier alpha value is -4.94. The number of anilines is 1. The van der Waals surface area contributed by atoms with Gasteiger partial charge in [-0.05, 0) is 56.3 Å². The molecule has 0 unspecified atom stereocenters. The molecule has 204 valence electrons. The summed E-state index contributed by atoms with van der Waals surface area (Å²) in [7, 11) is -3.90. The number of aliphatic imine (C=N–C) groups is 1. The maximum Gasteiger partial charge on any atom is 0.283 e. The van der Waals surface area contributed by atoms with Crippen LogP contribution in [0.3, 0.4) is 0 Å². The van der Waals surface area contributed by atoms with E-state index in [0.29, 0.717) is 33.5 Å². The van der Waals surface area contributed by atoms with Gasteiger partial charge >= 0.3 is 0 Å². The van der Waals surface area contributed by atoms with E-state index in [0.717, 1.165) is 15.8 Å². The Labute approximate surface area is 239 Å². The highest BCUT2D eigenvalue weighted by Crippen LogP contribution is 2.27. The SMILES string of the molecule is CC(=Nc1ccc(S(=O)(=O)Nc2nccc(C)n2)cc1)c1c(-c2ccccc2)[nH]n(-c2nc3ccccc3s2)c1=O. The summed E-state index contributed by atoms with van der Waals surface area (Å²) in [6.45, 7) is 3.50. The lowest BCUT2D eigenvalue weighted by atomic mass is 10.1. The first-order valence-electron chi connectivity index (χ1n) is 12.5. The number of sulfonamides is 1. The van der Waals surface area contributed by atoms with E-state index in [1.54, 1.807) is 32.0 Å². The van der Waals surface area contributed by atoms with Crippen molar-refractivity contribution in [2.75, 3.05) is 4.72 Å². The summed E-state index contributed by atoms with van der Waals surface area (Å²) >= 11 is 1.41. The van der Waals surface area contributed by atoms with Crippen LogP contribution in [0.1, 0.15) is 18.2 Å². The number of aromatic amines is 1. The average Bonchev–Trinajstić information content (AvgIpc) is 3.54. The second kappa shape index (κ2) is 10.6. The molecule has 0 aliphatic rings. The molecule has 0 radical (unpaired) electrons. The van der Waals surface area contributed by atoms with Crippen molar-refractivity contribution in [1.82, 2.24) is 24.7 Å². The number of H-pyrrole nitrogens is 1. The zero-order valence-electron chi connectivity index (χ0n) is 21.9. The Morgan fingerprint density at radius 1 is 0.951 bits per heavy atom. The fourth-order valence-corrected chi connectivity index (χ4v) is 6.18. The molecule has 3 heterocycles. The van der Waals surface area contributed by atoms with Gasteiger partial charge in [0.15, 0.2) is 0 Å². The van der Waals surface area contributed by atoms with Crippen molar-refractivity contribution in [3.8, 4) is 16.4 Å². The third-order valence-corrected chi connectivity index (χ3v) is 8.62. The summed E-state index contributed by atoms with van der Waals surface area (Å²) in [6, 6.07) is 24.9. The molecule has 0 atom stereocenters. The largest absolute Gasteiger partial charge is 0.288 e. The van der Waals surface area contributed by atoms with Crippen molar-refractivity contribution >= 4 is 48.9 Å². The van der Waals surface area contributed by atoms with Gasteiger partial charge in [-0.1, -0.05) is 53.8 Å². The van der Waals surface area contributed by atoms with E-state index < -0.39 is 10.0 Å². The minimum atomic E-state index is -3.90. The molecule has 3 aromatic carbocycles. The Bertz CT molecular complexity index is 2050. The van der Waals surface area contributed by atoms with Gasteiger partial charge in [0.2, 0.25) is 11.1 Å². The molecule has 0 aliphatic heterocycles. The van der Waals surface area contributed by atoms with Gasteiger partial charge < -0.3 is 0 Å². The molecule has 3 aromatic heterocycles. The van der Waals surface area contributed by atoms with Crippen LogP contribution in [-0.4, -0.2) is 38.9 Å². The second-order valence-electron chi connectivity index (χ2n) is 9.15. The fourth-order valence-electron chi connectivity index (χ4n) is 4.30. The number of hydrogen-bond donors (Lipinski definition) is 2. The quantitative estimate of drug-likeness (QED) is 0.240. The maximum atomic E-state index is 13.8. The van der Waals surface area contributed by atoms with Crippen molar-refractivity contribution in [2.24, 2.45) is 4.99 Å². The minimum absolute atomic E-state index is 0.00625. The highest BCUT2D eigenvalue weighted by Gasteiger charge is 2.21. The number of aromatic nitrogens is 5. The predicted octanol–water partition coefficient (Wildman–Crippen LogP) is 5.48. The lowest BCUT2D eigenvalue weighted by molar-refractivity contribution is 0.601. The van der Waals surface area contributed by atoms with Gasteiger partial charge in [0.1, 0.15) is 0 Å². The molecular formula is C29H23N7O3S2. The van der Waals surface area contributed by atoms with E-state index in [2.05, 4.69) is 29.8 Å². The second-order valence-corrected chi connectivity index (χ2v) is 11.8. The summed E-state index contributed by atoms with van der Waals surface area (Å²) < 4.78 is 30.5. The van der Waals surface area contributed by atoms with Gasteiger partial charge in [0.25, 0.3) is 15.6 Å². The Morgan fingerprint density at radius 2 is 1.68 bits per heavy atom. The normalized spacial score (nSPS) is 12.1. The Morgan fingerprint density at radius 3 is 2.41 bits per heavy atom. The van der Waals surface area contributed by atoms with Crippen LogP contribution in [0.15, 0.2) is 106 Å². The summed E-state index contributed by atoms with van der Waals surface area (Å²) in [5, 5.41) is 3.76. The van der Waals surface area contributed by atoms with E-state index in [9.17, 15) is 13.2 Å². The van der Waals surface area contributed by atoms with Crippen molar-refractivity contribution in [2.45, 2.75) is 18.7 Å². The molecule has 0 bridgehead atoms. The lowest BCUT2D eigenvalue weighted by Crippen LogP contribution is -2.19. The van der Waals surface area contributed by atoms with Crippen molar-refractivity contribution in [3.05, 3.63) is 113 Å². The van der Waals surface area contributed by atoms with Gasteiger partial charge in [-0.15, -0.1) is 0 Å². The van der Waals surface area contributed by atoms with E-state index in [-0.39, 0.29) is 16.4 Å². The molecule has 0 saturated carbocycles. The van der Waals surface area contributed by atoms with Crippen LogP contribution in [0.2, 0.25) is 0 Å². The number of fused-ring (bicyclic) bond motifs is 1. The maximum absolute atomic E-state index is 13.8. The van der Waals surface area contributed by atoms with Crippen LogP contribution in [-0.2, 0) is 10.0 Å². The van der Waals surface area contributed by atoms with Crippen LogP contribution in [0.25, 0.3) is 26.6 Å². The van der Waals surface area contributed by atoms with E-state index in [4.69, 9.17) is 0 Å². The smallest absolute Gasteiger partial charge is 0.283 e. The number of thiazole rings is 1. The van der Waals surface area contributed by atoms with Crippen molar-refractivity contribution < 1.29 is 8.42 Å². The van der Waals surface area contributed by atoms with E-state index >= 15 is 0 Å². The Kier molecular flexibility index (Phi) is 6.77. The van der Waals surface area contributed by atoms with Gasteiger partial charge in [-0.2, -0.15) is 4.68 Å². The summed E-state index contributed by atoms with van der Waals surface area (Å²) in [5.41, 5.74) is 3.93. The lowest BCUT2D eigenvalue weighted by Gasteiger charge is -2.07. The zero-order valence-corrected chi connectivity index (χ0v) is 23.6. The summed E-state index contributed by atoms with van der Waals surface area (Å²) in [6.07, 6.45) is 1.48. The third kappa shape index (κ3) is 5.30. The molecule has 12 heteroatoms. The van der Waals surface area contributed by atoms with Gasteiger partial charge in [0, 0.05) is 17.5 Å². The van der Waals surface area contributed by atoms with Gasteiger partial charge in [-0.3, -0.25) is 14.9 Å². The number of nitrogens with zero attached hydrogens (tertiary/aromatic N) is 5. The first-order valence-corrected chi connectivity index (χ1v) is 14.8. The average molecular weight is 582 g/mol. The minimum Gasteiger partial charge on any atom is -0.288 e. The van der Waals surface area contributed by atoms with E-state index in [1.165, 1.54) is 34.3 Å². The molecule has 6 rings (SSSR count). The zero-order chi connectivity index (χ0) is 28.6. The Balaban J connectivity index is 1.37. The fraction of sp³-hybridized carbons (Fsp3) is 0.0690. The number of para-hydroxylation sites is 1. The first kappa shape index (κ1) is 26.3. The van der Waals surface area contributed by atoms with Crippen LogP contribution in [0.5, 0.6) is 0 Å². The van der Waals surface area contributed by atoms with Crippen LogP contribution in [0, 0.1) is 6.92 Å². The number of nitrogens with one attached hydrogen (secondary N) is 2. The molecule has 0 spiro atoms. The molecule has 41 heavy (non-hydrogen) atoms. The van der Waals surface area contributed by atoms with Crippen molar-refractivity contribution in [1.29, 1.82) is 0 Å². The van der Waals surface area contributed by atoms with Gasteiger partial charge in [-0.25, -0.2) is 28.1 Å². The molecule has 0 fully saturated rings. The number of hydrogen-bond acceptors (Lipinski definition) is 8. The molecule has 0 amide bonds. The molecule has 0 aliphatic carbocycles. The van der Waals surface area contributed by atoms with Crippen LogP contribution in [0.4, 0.5) is 11.6 Å². The summed E-state index contributed by atoms with van der Waals surface area (Å²) in [4.78, 5) is 31.2. The molecule has 10 nitrogen and oxygen atoms in total. The predicted molar refractivity (Wildman–Crippen MR) is 161 cm³/mol. The van der Waals surface area contributed by atoms with Crippen molar-refractivity contribution in [3.63, 3.8) is 0 Å². The van der Waals surface area contributed by atoms with Gasteiger partial charge in [0.05, 0.1) is 37.8 Å². The topological polar surface area (TPSA) is 135 Å².